The van der Waals surface area contributed by atoms with E-state index in [1.54, 1.807) is 16.3 Å². The number of carbonyl (C=O) groups is 1. The van der Waals surface area contributed by atoms with Crippen LogP contribution in [0.1, 0.15) is 18.1 Å². The minimum atomic E-state index is -0.486. The van der Waals surface area contributed by atoms with Gasteiger partial charge in [0, 0.05) is 12.2 Å². The molecule has 0 spiro atoms. The number of aromatic nitrogens is 2. The lowest BCUT2D eigenvalue weighted by Gasteiger charge is -2.19. The summed E-state index contributed by atoms with van der Waals surface area (Å²) in [6.45, 7) is 3.07. The van der Waals surface area contributed by atoms with Gasteiger partial charge in [-0.05, 0) is 54.1 Å². The Hall–Kier alpha value is -3.65. The smallest absolute Gasteiger partial charge is 0.332 e. The molecule has 0 bridgehead atoms. The zero-order valence-corrected chi connectivity index (χ0v) is 19.0. The monoisotopic (exact) mass is 461 g/mol. The molecule has 2 aromatic heterocycles. The molecular weight excluding hydrogens is 438 g/mol. The standard InChI is InChI=1S/C25H23N3O4S/c1-2-32-19-9-7-17(8-10-19)15-28-24(30)23-21(12-14-33-23)27(25(28)31)16-22(29)26-13-11-18-5-3-4-6-20(18)26/h3-10,12,14H,2,11,13,15-16H2,1H3. The second-order valence-electron chi connectivity index (χ2n) is 7.90. The molecule has 2 aromatic carbocycles. The van der Waals surface area contributed by atoms with Gasteiger partial charge in [-0.25, -0.2) is 4.79 Å². The number of ether oxygens (including phenoxy) is 1. The van der Waals surface area contributed by atoms with Crippen LogP contribution in [-0.4, -0.2) is 28.2 Å². The van der Waals surface area contributed by atoms with Gasteiger partial charge in [-0.1, -0.05) is 30.3 Å². The molecule has 8 heteroatoms. The van der Waals surface area contributed by atoms with Crippen LogP contribution >= 0.6 is 11.3 Å². The molecule has 4 aromatic rings. The number of nitrogens with zero attached hydrogens (tertiary/aromatic N) is 3. The lowest BCUT2D eigenvalue weighted by molar-refractivity contribution is -0.119. The van der Waals surface area contributed by atoms with E-state index in [0.717, 1.165) is 29.0 Å². The SMILES string of the molecule is CCOc1ccc(Cn2c(=O)c3sccc3n(CC(=O)N3CCc4ccccc43)c2=O)cc1. The average molecular weight is 462 g/mol. The Morgan fingerprint density at radius 1 is 1.03 bits per heavy atom. The number of fused-ring (bicyclic) bond motifs is 2. The molecule has 3 heterocycles. The van der Waals surface area contributed by atoms with E-state index in [-0.39, 0.29) is 24.6 Å². The zero-order chi connectivity index (χ0) is 22.9. The third kappa shape index (κ3) is 3.87. The zero-order valence-electron chi connectivity index (χ0n) is 18.2. The van der Waals surface area contributed by atoms with Crippen LogP contribution in [0.2, 0.25) is 0 Å². The maximum Gasteiger partial charge on any atom is 0.332 e. The fourth-order valence-electron chi connectivity index (χ4n) is 4.28. The van der Waals surface area contributed by atoms with E-state index in [0.29, 0.717) is 23.4 Å². The molecule has 1 aliphatic heterocycles. The first kappa shape index (κ1) is 21.2. The quantitative estimate of drug-likeness (QED) is 0.442. The molecule has 0 saturated carbocycles. The molecule has 1 amide bonds. The summed E-state index contributed by atoms with van der Waals surface area (Å²) in [7, 11) is 0. The van der Waals surface area contributed by atoms with Crippen molar-refractivity contribution in [1.29, 1.82) is 0 Å². The topological polar surface area (TPSA) is 73.5 Å². The van der Waals surface area contributed by atoms with Crippen LogP contribution in [0, 0.1) is 0 Å². The van der Waals surface area contributed by atoms with Gasteiger partial charge in [-0.2, -0.15) is 0 Å². The molecule has 0 radical (unpaired) electrons. The van der Waals surface area contributed by atoms with Gasteiger partial charge in [0.05, 0.1) is 18.7 Å². The first-order chi connectivity index (χ1) is 16.1. The number of amides is 1. The molecule has 0 aliphatic carbocycles. The number of carbonyl (C=O) groups excluding carboxylic acids is 1. The van der Waals surface area contributed by atoms with Crippen LogP contribution in [0.3, 0.4) is 0 Å². The second-order valence-corrected chi connectivity index (χ2v) is 8.81. The van der Waals surface area contributed by atoms with Gasteiger partial charge in [0.25, 0.3) is 5.56 Å². The third-order valence-corrected chi connectivity index (χ3v) is 6.78. The Labute approximate surface area is 194 Å². The summed E-state index contributed by atoms with van der Waals surface area (Å²) in [5.41, 5.74) is 2.49. The minimum Gasteiger partial charge on any atom is -0.494 e. The van der Waals surface area contributed by atoms with Gasteiger partial charge in [0.2, 0.25) is 5.91 Å². The molecule has 0 fully saturated rings. The van der Waals surface area contributed by atoms with Crippen molar-refractivity contribution in [2.24, 2.45) is 0 Å². The van der Waals surface area contributed by atoms with Gasteiger partial charge in [0.15, 0.2) is 0 Å². The van der Waals surface area contributed by atoms with Crippen molar-refractivity contribution < 1.29 is 9.53 Å². The maximum atomic E-state index is 13.4. The van der Waals surface area contributed by atoms with Crippen molar-refractivity contribution in [2.75, 3.05) is 18.1 Å². The van der Waals surface area contributed by atoms with Gasteiger partial charge < -0.3 is 9.64 Å². The highest BCUT2D eigenvalue weighted by Gasteiger charge is 2.26. The Bertz CT molecular complexity index is 1450. The van der Waals surface area contributed by atoms with E-state index in [4.69, 9.17) is 4.74 Å². The van der Waals surface area contributed by atoms with Crippen molar-refractivity contribution in [2.45, 2.75) is 26.4 Å². The van der Waals surface area contributed by atoms with Gasteiger partial charge >= 0.3 is 5.69 Å². The van der Waals surface area contributed by atoms with Crippen molar-refractivity contribution in [1.82, 2.24) is 9.13 Å². The van der Waals surface area contributed by atoms with E-state index < -0.39 is 5.69 Å². The van der Waals surface area contributed by atoms with E-state index in [2.05, 4.69) is 0 Å². The summed E-state index contributed by atoms with van der Waals surface area (Å²) in [6, 6.07) is 16.9. The molecule has 33 heavy (non-hydrogen) atoms. The second kappa shape index (κ2) is 8.71. The van der Waals surface area contributed by atoms with Gasteiger partial charge in [0.1, 0.15) is 17.0 Å². The predicted molar refractivity (Wildman–Crippen MR) is 130 cm³/mol. The van der Waals surface area contributed by atoms with Crippen LogP contribution in [0.15, 0.2) is 69.6 Å². The number of benzene rings is 2. The summed E-state index contributed by atoms with van der Waals surface area (Å²) < 4.78 is 8.56. The average Bonchev–Trinajstić information content (AvgIpc) is 3.48. The molecule has 0 atom stereocenters. The lowest BCUT2D eigenvalue weighted by atomic mass is 10.2. The first-order valence-electron chi connectivity index (χ1n) is 10.9. The highest BCUT2D eigenvalue weighted by atomic mass is 32.1. The highest BCUT2D eigenvalue weighted by Crippen LogP contribution is 2.28. The summed E-state index contributed by atoms with van der Waals surface area (Å²) >= 11 is 1.28. The Morgan fingerprint density at radius 3 is 2.61 bits per heavy atom. The molecule has 7 nitrogen and oxygen atoms in total. The fraction of sp³-hybridized carbons (Fsp3) is 0.240. The number of rotatable bonds is 6. The molecule has 1 aliphatic rings. The van der Waals surface area contributed by atoms with Crippen LogP contribution in [0.5, 0.6) is 5.75 Å². The number of thiophene rings is 1. The van der Waals surface area contributed by atoms with Gasteiger partial charge in [-0.15, -0.1) is 11.3 Å². The molecule has 168 valence electrons. The largest absolute Gasteiger partial charge is 0.494 e. The number of anilines is 1. The fourth-order valence-corrected chi connectivity index (χ4v) is 5.13. The Morgan fingerprint density at radius 2 is 1.82 bits per heavy atom. The van der Waals surface area contributed by atoms with E-state index >= 15 is 0 Å². The van der Waals surface area contributed by atoms with Crippen molar-refractivity contribution in [3.05, 3.63) is 91.9 Å². The van der Waals surface area contributed by atoms with Crippen LogP contribution in [-0.2, 0) is 24.3 Å². The highest BCUT2D eigenvalue weighted by molar-refractivity contribution is 7.17. The van der Waals surface area contributed by atoms with Crippen molar-refractivity contribution in [3.8, 4) is 5.75 Å². The first-order valence-corrected chi connectivity index (χ1v) is 11.8. The predicted octanol–water partition coefficient (Wildman–Crippen LogP) is 3.26. The molecule has 0 saturated heterocycles. The van der Waals surface area contributed by atoms with E-state index in [1.807, 2.05) is 55.5 Å². The molecule has 0 unspecified atom stereocenters. The number of para-hydroxylation sites is 1. The van der Waals surface area contributed by atoms with Crippen LogP contribution in [0.4, 0.5) is 5.69 Å². The van der Waals surface area contributed by atoms with Crippen LogP contribution < -0.4 is 20.9 Å². The molecular formula is C25H23N3O4S. The normalized spacial score (nSPS) is 12.8. The van der Waals surface area contributed by atoms with Crippen molar-refractivity contribution >= 4 is 33.1 Å². The van der Waals surface area contributed by atoms with Crippen molar-refractivity contribution in [3.63, 3.8) is 0 Å². The molecule has 5 rings (SSSR count). The number of hydrogen-bond donors (Lipinski definition) is 0. The third-order valence-electron chi connectivity index (χ3n) is 5.89. The van der Waals surface area contributed by atoms with Crippen LogP contribution in [0.25, 0.3) is 10.2 Å². The summed E-state index contributed by atoms with van der Waals surface area (Å²) in [6.07, 6.45) is 0.794. The summed E-state index contributed by atoms with van der Waals surface area (Å²) in [4.78, 5) is 41.4. The Kier molecular flexibility index (Phi) is 5.60. The lowest BCUT2D eigenvalue weighted by Crippen LogP contribution is -2.43. The summed E-state index contributed by atoms with van der Waals surface area (Å²) in [5.74, 6) is 0.567. The Balaban J connectivity index is 1.50. The van der Waals surface area contributed by atoms with E-state index in [9.17, 15) is 14.4 Å². The maximum absolute atomic E-state index is 13.4. The number of hydrogen-bond acceptors (Lipinski definition) is 5. The van der Waals surface area contributed by atoms with E-state index in [1.165, 1.54) is 20.5 Å². The van der Waals surface area contributed by atoms with Gasteiger partial charge in [-0.3, -0.25) is 18.7 Å². The minimum absolute atomic E-state index is 0.121. The molecule has 0 N–H and O–H groups in total. The summed E-state index contributed by atoms with van der Waals surface area (Å²) in [5, 5.41) is 1.78.